The Hall–Kier alpha value is -2.16. The van der Waals surface area contributed by atoms with Gasteiger partial charge in [0.1, 0.15) is 23.0 Å². The first kappa shape index (κ1) is 18.6. The highest BCUT2D eigenvalue weighted by molar-refractivity contribution is 5.56. The van der Waals surface area contributed by atoms with Crippen LogP contribution in [0.3, 0.4) is 0 Å². The van der Waals surface area contributed by atoms with Crippen LogP contribution in [-0.4, -0.2) is 14.2 Å². The Morgan fingerprint density at radius 2 is 1.62 bits per heavy atom. The molecule has 0 atom stereocenters. The predicted molar refractivity (Wildman–Crippen MR) is 106 cm³/mol. The number of unbranched alkanes of at least 4 members (excludes halogenated alkanes) is 5. The lowest BCUT2D eigenvalue weighted by Gasteiger charge is -2.23. The summed E-state index contributed by atoms with van der Waals surface area (Å²) in [7, 11) is 3.42. The summed E-state index contributed by atoms with van der Waals surface area (Å²) in [6.07, 6.45) is 9.80. The van der Waals surface area contributed by atoms with E-state index >= 15 is 0 Å². The van der Waals surface area contributed by atoms with Gasteiger partial charge in [0.25, 0.3) is 0 Å². The van der Waals surface area contributed by atoms with Crippen LogP contribution in [-0.2, 0) is 12.8 Å². The molecule has 1 heterocycles. The molecular weight excluding hydrogens is 324 g/mol. The molecule has 2 aromatic rings. The second kappa shape index (κ2) is 8.98. The Labute approximate surface area is 157 Å². The van der Waals surface area contributed by atoms with Crippen molar-refractivity contribution < 1.29 is 14.2 Å². The van der Waals surface area contributed by atoms with E-state index in [2.05, 4.69) is 19.1 Å². The SMILES string of the molecule is CCCCCCCCc1cc2c(cc1OC)Oc1cc(OC)ccc1C2. The monoisotopic (exact) mass is 354 g/mol. The number of aryl methyl sites for hydroxylation is 1. The second-order valence-electron chi connectivity index (χ2n) is 7.04. The molecule has 3 rings (SSSR count). The molecule has 0 radical (unpaired) electrons. The highest BCUT2D eigenvalue weighted by Gasteiger charge is 2.20. The minimum Gasteiger partial charge on any atom is -0.497 e. The standard InChI is InChI=1S/C23H30O3/c1-4-5-6-7-8-9-10-17-13-19-14-18-11-12-20(24-2)15-22(18)26-23(19)16-21(17)25-3/h11-13,15-16H,4-10,14H2,1-3H3. The highest BCUT2D eigenvalue weighted by atomic mass is 16.5. The third-order valence-corrected chi connectivity index (χ3v) is 5.14. The second-order valence-corrected chi connectivity index (χ2v) is 7.04. The van der Waals surface area contributed by atoms with Crippen LogP contribution in [0.5, 0.6) is 23.0 Å². The number of rotatable bonds is 9. The molecule has 3 nitrogen and oxygen atoms in total. The van der Waals surface area contributed by atoms with Crippen LogP contribution in [0.15, 0.2) is 30.3 Å². The average Bonchev–Trinajstić information content (AvgIpc) is 2.68. The maximum atomic E-state index is 6.13. The van der Waals surface area contributed by atoms with Crippen molar-refractivity contribution in [1.82, 2.24) is 0 Å². The molecule has 0 spiro atoms. The zero-order valence-electron chi connectivity index (χ0n) is 16.3. The van der Waals surface area contributed by atoms with Gasteiger partial charge in [0.05, 0.1) is 14.2 Å². The summed E-state index contributed by atoms with van der Waals surface area (Å²) < 4.78 is 17.1. The summed E-state index contributed by atoms with van der Waals surface area (Å²) in [5, 5.41) is 0. The Balaban J connectivity index is 1.70. The maximum absolute atomic E-state index is 6.13. The van der Waals surface area contributed by atoms with E-state index in [1.807, 2.05) is 18.2 Å². The van der Waals surface area contributed by atoms with Crippen molar-refractivity contribution >= 4 is 0 Å². The molecule has 0 N–H and O–H groups in total. The van der Waals surface area contributed by atoms with Gasteiger partial charge in [-0.1, -0.05) is 45.1 Å². The van der Waals surface area contributed by atoms with E-state index in [-0.39, 0.29) is 0 Å². The lowest BCUT2D eigenvalue weighted by molar-refractivity contribution is 0.395. The number of ether oxygens (including phenoxy) is 3. The summed E-state index contributed by atoms with van der Waals surface area (Å²) in [4.78, 5) is 0. The van der Waals surface area contributed by atoms with Crippen LogP contribution in [0, 0.1) is 0 Å². The fourth-order valence-electron chi connectivity index (χ4n) is 3.60. The molecule has 0 amide bonds. The molecular formula is C23H30O3. The molecule has 0 unspecified atom stereocenters. The van der Waals surface area contributed by atoms with Crippen LogP contribution >= 0.6 is 0 Å². The van der Waals surface area contributed by atoms with Crippen LogP contribution in [0.25, 0.3) is 0 Å². The van der Waals surface area contributed by atoms with Crippen molar-refractivity contribution in [2.24, 2.45) is 0 Å². The zero-order chi connectivity index (χ0) is 18.4. The van der Waals surface area contributed by atoms with Crippen molar-refractivity contribution in [2.45, 2.75) is 58.3 Å². The van der Waals surface area contributed by atoms with Crippen molar-refractivity contribution in [3.8, 4) is 23.0 Å². The molecule has 0 fully saturated rings. The zero-order valence-corrected chi connectivity index (χ0v) is 16.3. The minimum absolute atomic E-state index is 0.818. The van der Waals surface area contributed by atoms with E-state index in [0.29, 0.717) is 0 Å². The highest BCUT2D eigenvalue weighted by Crippen LogP contribution is 2.41. The van der Waals surface area contributed by atoms with E-state index in [9.17, 15) is 0 Å². The van der Waals surface area contributed by atoms with Crippen LogP contribution in [0.1, 0.15) is 62.1 Å². The summed E-state index contributed by atoms with van der Waals surface area (Å²) in [5.41, 5.74) is 3.74. The van der Waals surface area contributed by atoms with Gasteiger partial charge in [-0.15, -0.1) is 0 Å². The van der Waals surface area contributed by atoms with Gasteiger partial charge in [0, 0.05) is 18.6 Å². The van der Waals surface area contributed by atoms with Crippen molar-refractivity contribution in [3.63, 3.8) is 0 Å². The first-order valence-corrected chi connectivity index (χ1v) is 9.79. The van der Waals surface area contributed by atoms with Crippen LogP contribution in [0.4, 0.5) is 0 Å². The third-order valence-electron chi connectivity index (χ3n) is 5.14. The van der Waals surface area contributed by atoms with E-state index in [4.69, 9.17) is 14.2 Å². The molecule has 0 saturated heterocycles. The topological polar surface area (TPSA) is 27.7 Å². The summed E-state index contributed by atoms with van der Waals surface area (Å²) >= 11 is 0. The Morgan fingerprint density at radius 1 is 0.846 bits per heavy atom. The number of fused-ring (bicyclic) bond motifs is 2. The molecule has 0 aliphatic carbocycles. The normalized spacial score (nSPS) is 12.1. The van der Waals surface area contributed by atoms with Gasteiger partial charge in [-0.2, -0.15) is 0 Å². The molecule has 0 bridgehead atoms. The molecule has 1 aliphatic rings. The fraction of sp³-hybridized carbons (Fsp3) is 0.478. The number of hydrogen-bond donors (Lipinski definition) is 0. The molecule has 3 heteroatoms. The number of benzene rings is 2. The summed E-state index contributed by atoms with van der Waals surface area (Å²) in [6.45, 7) is 2.26. The summed E-state index contributed by atoms with van der Waals surface area (Å²) in [5.74, 6) is 3.53. The number of methoxy groups -OCH3 is 2. The van der Waals surface area contributed by atoms with E-state index in [0.717, 1.165) is 35.8 Å². The quantitative estimate of drug-likeness (QED) is 0.422. The maximum Gasteiger partial charge on any atom is 0.134 e. The molecule has 0 saturated carbocycles. The van der Waals surface area contributed by atoms with Crippen molar-refractivity contribution in [3.05, 3.63) is 47.0 Å². The molecule has 26 heavy (non-hydrogen) atoms. The van der Waals surface area contributed by atoms with E-state index < -0.39 is 0 Å². The van der Waals surface area contributed by atoms with Crippen molar-refractivity contribution in [1.29, 1.82) is 0 Å². The lowest BCUT2D eigenvalue weighted by atomic mass is 9.95. The minimum atomic E-state index is 0.818. The first-order chi connectivity index (χ1) is 12.7. The van der Waals surface area contributed by atoms with Crippen molar-refractivity contribution in [2.75, 3.05) is 14.2 Å². The molecule has 0 aromatic heterocycles. The van der Waals surface area contributed by atoms with Gasteiger partial charge in [-0.25, -0.2) is 0 Å². The van der Waals surface area contributed by atoms with Gasteiger partial charge < -0.3 is 14.2 Å². The largest absolute Gasteiger partial charge is 0.497 e. The first-order valence-electron chi connectivity index (χ1n) is 9.79. The average molecular weight is 354 g/mol. The van der Waals surface area contributed by atoms with E-state index in [1.165, 1.54) is 55.2 Å². The van der Waals surface area contributed by atoms with Gasteiger partial charge >= 0.3 is 0 Å². The lowest BCUT2D eigenvalue weighted by Crippen LogP contribution is -2.05. The number of hydrogen-bond acceptors (Lipinski definition) is 3. The fourth-order valence-corrected chi connectivity index (χ4v) is 3.60. The smallest absolute Gasteiger partial charge is 0.134 e. The van der Waals surface area contributed by atoms with Gasteiger partial charge in [-0.3, -0.25) is 0 Å². The Morgan fingerprint density at radius 3 is 2.38 bits per heavy atom. The van der Waals surface area contributed by atoms with E-state index in [1.54, 1.807) is 14.2 Å². The predicted octanol–water partition coefficient (Wildman–Crippen LogP) is 6.30. The molecule has 140 valence electrons. The van der Waals surface area contributed by atoms with Gasteiger partial charge in [0.2, 0.25) is 0 Å². The Kier molecular flexibility index (Phi) is 6.43. The molecule has 1 aliphatic heterocycles. The van der Waals surface area contributed by atoms with Gasteiger partial charge in [-0.05, 0) is 41.7 Å². The van der Waals surface area contributed by atoms with Crippen LogP contribution in [0.2, 0.25) is 0 Å². The van der Waals surface area contributed by atoms with Gasteiger partial charge in [0.15, 0.2) is 0 Å². The van der Waals surface area contributed by atoms with Crippen LogP contribution < -0.4 is 14.2 Å². The molecule has 2 aromatic carbocycles. The third kappa shape index (κ3) is 4.32. The summed E-state index contributed by atoms with van der Waals surface area (Å²) in [6, 6.07) is 10.4. The Bertz CT molecular complexity index is 736.